The van der Waals surface area contributed by atoms with Crippen LogP contribution in [0.4, 0.5) is 4.79 Å². The van der Waals surface area contributed by atoms with E-state index in [-0.39, 0.29) is 5.70 Å². The van der Waals surface area contributed by atoms with E-state index >= 15 is 0 Å². The first kappa shape index (κ1) is 11.3. The average Bonchev–Trinajstić information content (AvgIpc) is 2.13. The number of nitrogens with zero attached hydrogens (tertiary/aromatic N) is 2. The van der Waals surface area contributed by atoms with Crippen molar-refractivity contribution in [2.75, 3.05) is 14.2 Å². The number of allylic oxidation sites excluding steroid dienone is 1. The Bertz CT molecular complexity index is 257. The first-order valence-corrected chi connectivity index (χ1v) is 3.36. The molecule has 0 aromatic rings. The van der Waals surface area contributed by atoms with Crippen molar-refractivity contribution in [3.8, 4) is 0 Å². The van der Waals surface area contributed by atoms with E-state index in [2.05, 4.69) is 19.7 Å². The van der Waals surface area contributed by atoms with Crippen LogP contribution in [0.3, 0.4) is 0 Å². The lowest BCUT2D eigenvalue weighted by molar-refractivity contribution is -0.134. The number of carbonyl (C=O) groups is 2. The van der Waals surface area contributed by atoms with Crippen molar-refractivity contribution in [2.45, 2.75) is 6.92 Å². The van der Waals surface area contributed by atoms with Crippen molar-refractivity contribution < 1.29 is 19.1 Å². The lowest BCUT2D eigenvalue weighted by Gasteiger charge is -1.91. The van der Waals surface area contributed by atoms with Crippen LogP contribution >= 0.6 is 0 Å². The quantitative estimate of drug-likeness (QED) is 0.369. The van der Waals surface area contributed by atoms with E-state index in [9.17, 15) is 9.59 Å². The minimum Gasteiger partial charge on any atom is -0.466 e. The summed E-state index contributed by atoms with van der Waals surface area (Å²) < 4.78 is 8.51. The third kappa shape index (κ3) is 5.54. The van der Waals surface area contributed by atoms with Crippen molar-refractivity contribution in [1.82, 2.24) is 0 Å². The van der Waals surface area contributed by atoms with Crippen LogP contribution in [0, 0.1) is 0 Å². The molecule has 0 unspecified atom stereocenters. The van der Waals surface area contributed by atoms with Crippen molar-refractivity contribution in [3.05, 3.63) is 11.8 Å². The van der Waals surface area contributed by atoms with Gasteiger partial charge in [-0.05, 0) is 6.92 Å². The Balaban J connectivity index is 4.21. The SMILES string of the molecule is COC(=O)/C=C(/C)N=NC(=O)OC. The van der Waals surface area contributed by atoms with E-state index in [0.29, 0.717) is 0 Å². The van der Waals surface area contributed by atoms with Crippen LogP contribution in [0.5, 0.6) is 0 Å². The number of hydrogen-bond donors (Lipinski definition) is 0. The van der Waals surface area contributed by atoms with E-state index in [1.807, 2.05) is 0 Å². The van der Waals surface area contributed by atoms with Gasteiger partial charge in [0.05, 0.1) is 19.9 Å². The molecule has 0 radical (unpaired) electrons. The van der Waals surface area contributed by atoms with E-state index < -0.39 is 12.1 Å². The van der Waals surface area contributed by atoms with Gasteiger partial charge in [0.15, 0.2) is 0 Å². The summed E-state index contributed by atoms with van der Waals surface area (Å²) in [7, 11) is 2.42. The highest BCUT2D eigenvalue weighted by Crippen LogP contribution is 1.97. The van der Waals surface area contributed by atoms with Crippen LogP contribution < -0.4 is 0 Å². The third-order valence-electron chi connectivity index (χ3n) is 0.992. The summed E-state index contributed by atoms with van der Waals surface area (Å²) in [6.07, 6.45) is 0.282. The Hall–Kier alpha value is -1.72. The smallest absolute Gasteiger partial charge is 0.452 e. The summed E-state index contributed by atoms with van der Waals surface area (Å²) in [5.41, 5.74) is 0.261. The Morgan fingerprint density at radius 1 is 1.15 bits per heavy atom. The number of amides is 1. The van der Waals surface area contributed by atoms with Gasteiger partial charge in [0.1, 0.15) is 0 Å². The van der Waals surface area contributed by atoms with Gasteiger partial charge < -0.3 is 9.47 Å². The molecule has 0 saturated heterocycles. The molecule has 0 N–H and O–H groups in total. The summed E-state index contributed by atoms with van der Waals surface area (Å²) in [5, 5.41) is 6.51. The highest BCUT2D eigenvalue weighted by molar-refractivity contribution is 5.82. The molecule has 0 bridgehead atoms. The summed E-state index contributed by atoms with van der Waals surface area (Å²) in [6.45, 7) is 1.50. The molecular formula is C7H10N2O4. The van der Waals surface area contributed by atoms with Crippen LogP contribution in [0.25, 0.3) is 0 Å². The predicted molar refractivity (Wildman–Crippen MR) is 43.0 cm³/mol. The van der Waals surface area contributed by atoms with Gasteiger partial charge in [-0.15, -0.1) is 5.11 Å². The normalized spacial score (nSPS) is 11.5. The molecule has 6 nitrogen and oxygen atoms in total. The number of ether oxygens (including phenoxy) is 2. The van der Waals surface area contributed by atoms with Gasteiger partial charge in [-0.3, -0.25) is 0 Å². The molecule has 0 aliphatic rings. The van der Waals surface area contributed by atoms with E-state index in [1.54, 1.807) is 0 Å². The maximum Gasteiger partial charge on any atom is 0.452 e. The molecule has 0 aromatic heterocycles. The minimum absolute atomic E-state index is 0.261. The molecule has 0 atom stereocenters. The molecule has 0 fully saturated rings. The fourth-order valence-corrected chi connectivity index (χ4v) is 0.419. The van der Waals surface area contributed by atoms with E-state index in [1.165, 1.54) is 21.1 Å². The van der Waals surface area contributed by atoms with Gasteiger partial charge in [-0.2, -0.15) is 0 Å². The molecular weight excluding hydrogens is 176 g/mol. The van der Waals surface area contributed by atoms with Gasteiger partial charge in [0.2, 0.25) is 0 Å². The zero-order chi connectivity index (χ0) is 10.3. The zero-order valence-corrected chi connectivity index (χ0v) is 7.60. The second-order valence-corrected chi connectivity index (χ2v) is 1.98. The molecule has 0 spiro atoms. The van der Waals surface area contributed by atoms with Crippen LogP contribution in [0.2, 0.25) is 0 Å². The van der Waals surface area contributed by atoms with Gasteiger partial charge in [-0.25, -0.2) is 9.59 Å². The first-order valence-electron chi connectivity index (χ1n) is 3.36. The zero-order valence-electron chi connectivity index (χ0n) is 7.60. The number of azo groups is 1. The standard InChI is InChI=1S/C7H10N2O4/c1-5(4-6(10)12-2)8-9-7(11)13-3/h4H,1-3H3/b5-4-,9-8?. The Kier molecular flexibility index (Phi) is 5.09. The number of methoxy groups -OCH3 is 2. The summed E-state index contributed by atoms with van der Waals surface area (Å²) >= 11 is 0. The van der Waals surface area contributed by atoms with Gasteiger partial charge in [0, 0.05) is 6.08 Å². The fraction of sp³-hybridized carbons (Fsp3) is 0.429. The molecule has 0 rings (SSSR count). The van der Waals surface area contributed by atoms with Crippen molar-refractivity contribution in [2.24, 2.45) is 10.2 Å². The maximum absolute atomic E-state index is 10.6. The Morgan fingerprint density at radius 3 is 2.23 bits per heavy atom. The Morgan fingerprint density at radius 2 is 1.77 bits per heavy atom. The topological polar surface area (TPSA) is 77.3 Å². The van der Waals surface area contributed by atoms with Gasteiger partial charge >= 0.3 is 12.1 Å². The molecule has 0 aliphatic heterocycles. The summed E-state index contributed by atoms with van der Waals surface area (Å²) in [5.74, 6) is -0.554. The third-order valence-corrected chi connectivity index (χ3v) is 0.992. The molecule has 72 valence electrons. The van der Waals surface area contributed by atoms with E-state index in [4.69, 9.17) is 0 Å². The van der Waals surface area contributed by atoms with Gasteiger partial charge in [-0.1, -0.05) is 5.11 Å². The second-order valence-electron chi connectivity index (χ2n) is 1.98. The van der Waals surface area contributed by atoms with Crippen molar-refractivity contribution >= 4 is 12.1 Å². The van der Waals surface area contributed by atoms with E-state index in [0.717, 1.165) is 6.08 Å². The maximum atomic E-state index is 10.6. The minimum atomic E-state index is -0.822. The molecule has 0 saturated carbocycles. The molecule has 0 heterocycles. The second kappa shape index (κ2) is 5.87. The molecule has 0 aliphatic carbocycles. The number of hydrogen-bond acceptors (Lipinski definition) is 5. The highest BCUT2D eigenvalue weighted by atomic mass is 16.5. The molecule has 1 amide bonds. The summed E-state index contributed by atoms with van der Waals surface area (Å²) in [4.78, 5) is 21.1. The number of carbonyl (C=O) groups excluding carboxylic acids is 2. The number of esters is 1. The predicted octanol–water partition coefficient (Wildman–Crippen LogP) is 1.28. The molecule has 6 heteroatoms. The largest absolute Gasteiger partial charge is 0.466 e. The average molecular weight is 186 g/mol. The van der Waals surface area contributed by atoms with Crippen LogP contribution in [-0.4, -0.2) is 26.3 Å². The number of rotatable bonds is 2. The monoisotopic (exact) mass is 186 g/mol. The summed E-state index contributed by atoms with van der Waals surface area (Å²) in [6, 6.07) is 0. The Labute approximate surface area is 75.2 Å². The highest BCUT2D eigenvalue weighted by Gasteiger charge is 1.97. The van der Waals surface area contributed by atoms with Crippen molar-refractivity contribution in [3.63, 3.8) is 0 Å². The lowest BCUT2D eigenvalue weighted by atomic mass is 10.4. The molecule has 13 heavy (non-hydrogen) atoms. The van der Waals surface area contributed by atoms with Crippen LogP contribution in [0.15, 0.2) is 22.0 Å². The van der Waals surface area contributed by atoms with Crippen molar-refractivity contribution in [1.29, 1.82) is 0 Å². The first-order chi connectivity index (χ1) is 6.10. The van der Waals surface area contributed by atoms with Crippen LogP contribution in [-0.2, 0) is 14.3 Å². The van der Waals surface area contributed by atoms with Crippen LogP contribution in [0.1, 0.15) is 6.92 Å². The fourth-order valence-electron chi connectivity index (χ4n) is 0.419. The lowest BCUT2D eigenvalue weighted by Crippen LogP contribution is -1.95. The molecule has 0 aromatic carbocycles. The van der Waals surface area contributed by atoms with Gasteiger partial charge in [0.25, 0.3) is 0 Å².